The molecule has 0 spiro atoms. The second kappa shape index (κ2) is 7.94. The molecule has 0 saturated heterocycles. The largest absolute Gasteiger partial charge is 0.513 e. The topological polar surface area (TPSA) is 44.8 Å². The highest BCUT2D eigenvalue weighted by molar-refractivity contribution is 5.63. The van der Waals surface area contributed by atoms with Gasteiger partial charge in [-0.2, -0.15) is 0 Å². The van der Waals surface area contributed by atoms with Crippen molar-refractivity contribution >= 4 is 6.16 Å². The zero-order valence-corrected chi connectivity index (χ0v) is 12.0. The molecular formula is C17H18O4. The lowest BCUT2D eigenvalue weighted by Gasteiger charge is -2.08. The van der Waals surface area contributed by atoms with Crippen molar-refractivity contribution in [3.05, 3.63) is 60.2 Å². The van der Waals surface area contributed by atoms with E-state index in [0.717, 1.165) is 12.0 Å². The van der Waals surface area contributed by atoms with E-state index in [0.29, 0.717) is 24.7 Å². The van der Waals surface area contributed by atoms with Crippen LogP contribution in [0.3, 0.4) is 0 Å². The lowest BCUT2D eigenvalue weighted by atomic mass is 10.2. The summed E-state index contributed by atoms with van der Waals surface area (Å²) in [6, 6.07) is 16.8. The van der Waals surface area contributed by atoms with Gasteiger partial charge in [-0.25, -0.2) is 4.79 Å². The molecule has 0 atom stereocenters. The maximum atomic E-state index is 11.3. The Labute approximate surface area is 124 Å². The first kappa shape index (κ1) is 14.9. The fourth-order valence-electron chi connectivity index (χ4n) is 1.66. The summed E-state index contributed by atoms with van der Waals surface area (Å²) in [5.41, 5.74) is 1.10. The zero-order valence-electron chi connectivity index (χ0n) is 12.0. The normalized spacial score (nSPS) is 9.95. The van der Waals surface area contributed by atoms with E-state index in [1.807, 2.05) is 37.3 Å². The van der Waals surface area contributed by atoms with Gasteiger partial charge in [-0.3, -0.25) is 0 Å². The van der Waals surface area contributed by atoms with Gasteiger partial charge in [-0.15, -0.1) is 0 Å². The summed E-state index contributed by atoms with van der Waals surface area (Å²) in [6.07, 6.45) is 0.0799. The van der Waals surface area contributed by atoms with Crippen molar-refractivity contribution in [3.8, 4) is 11.5 Å². The van der Waals surface area contributed by atoms with Crippen molar-refractivity contribution in [2.45, 2.75) is 20.0 Å². The summed E-state index contributed by atoms with van der Waals surface area (Å²) in [6.45, 7) is 2.78. The third kappa shape index (κ3) is 5.18. The maximum Gasteiger partial charge on any atom is 0.513 e. The molecule has 0 radical (unpaired) electrons. The van der Waals surface area contributed by atoms with Crippen molar-refractivity contribution < 1.29 is 19.0 Å². The second-order valence-corrected chi connectivity index (χ2v) is 4.45. The Morgan fingerprint density at radius 1 is 0.952 bits per heavy atom. The standard InChI is InChI=1S/C17H18O4/c1-2-12-19-17(18)21-16-10-8-15(9-11-16)20-13-14-6-4-3-5-7-14/h3-11H,2,12-13H2,1H3. The summed E-state index contributed by atoms with van der Waals surface area (Å²) in [4.78, 5) is 11.3. The molecule has 21 heavy (non-hydrogen) atoms. The highest BCUT2D eigenvalue weighted by Gasteiger charge is 2.05. The van der Waals surface area contributed by atoms with Crippen LogP contribution in [0.4, 0.5) is 4.79 Å². The molecule has 0 aliphatic rings. The lowest BCUT2D eigenvalue weighted by molar-refractivity contribution is 0.0991. The van der Waals surface area contributed by atoms with Crippen molar-refractivity contribution in [2.75, 3.05) is 6.61 Å². The molecule has 0 aliphatic heterocycles. The molecule has 0 saturated carbocycles. The molecule has 0 N–H and O–H groups in total. The van der Waals surface area contributed by atoms with E-state index in [4.69, 9.17) is 14.2 Å². The first-order chi connectivity index (χ1) is 10.3. The number of carbonyl (C=O) groups excluding carboxylic acids is 1. The molecule has 110 valence electrons. The third-order valence-electron chi connectivity index (χ3n) is 2.70. The molecule has 0 aromatic heterocycles. The van der Waals surface area contributed by atoms with E-state index in [-0.39, 0.29) is 0 Å². The molecule has 2 aromatic carbocycles. The van der Waals surface area contributed by atoms with Gasteiger partial charge in [-0.1, -0.05) is 37.3 Å². The number of rotatable bonds is 6. The fraction of sp³-hybridized carbons (Fsp3) is 0.235. The molecule has 0 heterocycles. The van der Waals surface area contributed by atoms with E-state index in [2.05, 4.69) is 0 Å². The minimum atomic E-state index is -0.685. The molecule has 2 aromatic rings. The van der Waals surface area contributed by atoms with Crippen molar-refractivity contribution in [2.24, 2.45) is 0 Å². The minimum Gasteiger partial charge on any atom is -0.489 e. The van der Waals surface area contributed by atoms with Crippen LogP contribution in [-0.2, 0) is 11.3 Å². The Balaban J connectivity index is 1.83. The average molecular weight is 286 g/mol. The molecule has 4 nitrogen and oxygen atoms in total. The second-order valence-electron chi connectivity index (χ2n) is 4.45. The van der Waals surface area contributed by atoms with E-state index >= 15 is 0 Å². The monoisotopic (exact) mass is 286 g/mol. The van der Waals surface area contributed by atoms with Crippen molar-refractivity contribution in [1.29, 1.82) is 0 Å². The predicted octanol–water partition coefficient (Wildman–Crippen LogP) is 4.19. The van der Waals surface area contributed by atoms with Gasteiger partial charge in [0.1, 0.15) is 18.1 Å². The van der Waals surface area contributed by atoms with Gasteiger partial charge in [-0.05, 0) is 36.2 Å². The van der Waals surface area contributed by atoms with E-state index < -0.39 is 6.16 Å². The predicted molar refractivity (Wildman–Crippen MR) is 79.5 cm³/mol. The highest BCUT2D eigenvalue weighted by Crippen LogP contribution is 2.19. The van der Waals surface area contributed by atoms with Crippen LogP contribution in [0.1, 0.15) is 18.9 Å². The van der Waals surface area contributed by atoms with E-state index in [1.54, 1.807) is 24.3 Å². The molecular weight excluding hydrogens is 268 g/mol. The van der Waals surface area contributed by atoms with Crippen LogP contribution in [0.5, 0.6) is 11.5 Å². The van der Waals surface area contributed by atoms with Gasteiger partial charge in [0.2, 0.25) is 0 Å². The number of hydrogen-bond donors (Lipinski definition) is 0. The third-order valence-corrected chi connectivity index (χ3v) is 2.70. The van der Waals surface area contributed by atoms with E-state index in [1.165, 1.54) is 0 Å². The smallest absolute Gasteiger partial charge is 0.489 e. The van der Waals surface area contributed by atoms with Gasteiger partial charge in [0.05, 0.1) is 6.61 Å². The molecule has 0 bridgehead atoms. The van der Waals surface area contributed by atoms with Gasteiger partial charge in [0.25, 0.3) is 0 Å². The summed E-state index contributed by atoms with van der Waals surface area (Å²) < 4.78 is 15.5. The minimum absolute atomic E-state index is 0.358. The number of carbonyl (C=O) groups is 1. The van der Waals surface area contributed by atoms with Gasteiger partial charge >= 0.3 is 6.16 Å². The Hall–Kier alpha value is -2.49. The van der Waals surface area contributed by atoms with Gasteiger partial charge < -0.3 is 14.2 Å². The Kier molecular flexibility index (Phi) is 5.64. The van der Waals surface area contributed by atoms with Gasteiger partial charge in [0.15, 0.2) is 0 Å². The number of benzene rings is 2. The SMILES string of the molecule is CCCOC(=O)Oc1ccc(OCc2ccccc2)cc1. The summed E-state index contributed by atoms with van der Waals surface area (Å²) in [7, 11) is 0. The Morgan fingerprint density at radius 3 is 2.29 bits per heavy atom. The molecule has 2 rings (SSSR count). The summed E-state index contributed by atoms with van der Waals surface area (Å²) in [5.74, 6) is 1.15. The molecule has 0 amide bonds. The average Bonchev–Trinajstić information content (AvgIpc) is 2.53. The van der Waals surface area contributed by atoms with Crippen LogP contribution in [0.2, 0.25) is 0 Å². The first-order valence-corrected chi connectivity index (χ1v) is 6.89. The summed E-state index contributed by atoms with van der Waals surface area (Å²) >= 11 is 0. The molecule has 4 heteroatoms. The van der Waals surface area contributed by atoms with Gasteiger partial charge in [0, 0.05) is 0 Å². The first-order valence-electron chi connectivity index (χ1n) is 6.89. The number of hydrogen-bond acceptors (Lipinski definition) is 4. The fourth-order valence-corrected chi connectivity index (χ4v) is 1.66. The van der Waals surface area contributed by atoms with Crippen LogP contribution in [-0.4, -0.2) is 12.8 Å². The summed E-state index contributed by atoms with van der Waals surface area (Å²) in [5, 5.41) is 0. The van der Waals surface area contributed by atoms with Crippen LogP contribution >= 0.6 is 0 Å². The Morgan fingerprint density at radius 2 is 1.62 bits per heavy atom. The van der Waals surface area contributed by atoms with E-state index in [9.17, 15) is 4.79 Å². The van der Waals surface area contributed by atoms with Crippen LogP contribution in [0.25, 0.3) is 0 Å². The van der Waals surface area contributed by atoms with Crippen molar-refractivity contribution in [3.63, 3.8) is 0 Å². The van der Waals surface area contributed by atoms with Crippen LogP contribution < -0.4 is 9.47 Å². The quantitative estimate of drug-likeness (QED) is 0.590. The lowest BCUT2D eigenvalue weighted by Crippen LogP contribution is -2.10. The highest BCUT2D eigenvalue weighted by atomic mass is 16.7. The Bertz CT molecular complexity index is 549. The maximum absolute atomic E-state index is 11.3. The zero-order chi connectivity index (χ0) is 14.9. The molecule has 0 unspecified atom stereocenters. The molecule has 0 aliphatic carbocycles. The van der Waals surface area contributed by atoms with Crippen LogP contribution in [0.15, 0.2) is 54.6 Å². The number of ether oxygens (including phenoxy) is 3. The molecule has 0 fully saturated rings. The van der Waals surface area contributed by atoms with Crippen LogP contribution in [0, 0.1) is 0 Å². The van der Waals surface area contributed by atoms with Crippen molar-refractivity contribution in [1.82, 2.24) is 0 Å².